The molecule has 1 aliphatic heterocycles. The topological polar surface area (TPSA) is 12.0 Å². The minimum absolute atomic E-state index is 0.842. The number of hydrogen-bond donors (Lipinski definition) is 1. The van der Waals surface area contributed by atoms with Crippen LogP contribution < -0.4 is 5.32 Å². The van der Waals surface area contributed by atoms with Crippen molar-refractivity contribution >= 4 is 23.5 Å². The van der Waals surface area contributed by atoms with Crippen LogP contribution in [0.15, 0.2) is 12.2 Å². The Morgan fingerprint density at radius 1 is 1.50 bits per heavy atom. The van der Waals surface area contributed by atoms with Crippen molar-refractivity contribution in [1.29, 1.82) is 0 Å². The highest BCUT2D eigenvalue weighted by molar-refractivity contribution is 8.06. The van der Waals surface area contributed by atoms with Crippen molar-refractivity contribution in [1.82, 2.24) is 5.32 Å². The molecule has 1 N–H and O–H groups in total. The molecule has 1 unspecified atom stereocenters. The predicted octanol–water partition coefficient (Wildman–Crippen LogP) is 2.00. The van der Waals surface area contributed by atoms with E-state index in [0.29, 0.717) is 0 Å². The van der Waals surface area contributed by atoms with Gasteiger partial charge in [0, 0.05) is 35.6 Å². The Kier molecular flexibility index (Phi) is 6.00. The second-order valence-electron chi connectivity index (χ2n) is 2.79. The van der Waals surface area contributed by atoms with Gasteiger partial charge in [-0.1, -0.05) is 12.2 Å². The Morgan fingerprint density at radius 2 is 2.42 bits per heavy atom. The molecule has 70 valence electrons. The average molecular weight is 203 g/mol. The molecule has 1 aliphatic rings. The van der Waals surface area contributed by atoms with Crippen molar-refractivity contribution in [3.05, 3.63) is 12.2 Å². The van der Waals surface area contributed by atoms with Crippen LogP contribution >= 0.6 is 23.5 Å². The molecule has 0 radical (unpaired) electrons. The maximum atomic E-state index is 3.44. The Bertz CT molecular complexity index is 130. The number of nitrogens with one attached hydrogen (secondary N) is 1. The van der Waals surface area contributed by atoms with Crippen molar-refractivity contribution in [3.8, 4) is 0 Å². The summed E-state index contributed by atoms with van der Waals surface area (Å²) in [6, 6.07) is 0. The zero-order valence-electron chi connectivity index (χ0n) is 7.58. The molecule has 1 fully saturated rings. The Morgan fingerprint density at radius 3 is 3.08 bits per heavy atom. The molecule has 1 atom stereocenters. The van der Waals surface area contributed by atoms with Gasteiger partial charge in [0.1, 0.15) is 0 Å². The summed E-state index contributed by atoms with van der Waals surface area (Å²) in [6.07, 6.45) is 4.26. The van der Waals surface area contributed by atoms with Gasteiger partial charge in [-0.05, 0) is 6.92 Å². The first-order valence-electron chi connectivity index (χ1n) is 4.44. The van der Waals surface area contributed by atoms with Gasteiger partial charge in [0.05, 0.1) is 0 Å². The molecule has 0 bridgehead atoms. The summed E-state index contributed by atoms with van der Waals surface area (Å²) in [4.78, 5) is 0. The number of rotatable bonds is 4. The van der Waals surface area contributed by atoms with Gasteiger partial charge in [-0.2, -0.15) is 23.5 Å². The van der Waals surface area contributed by atoms with Crippen LogP contribution in [0, 0.1) is 0 Å². The maximum Gasteiger partial charge on any atom is 0.0263 e. The summed E-state index contributed by atoms with van der Waals surface area (Å²) in [5, 5.41) is 4.28. The van der Waals surface area contributed by atoms with Crippen molar-refractivity contribution in [3.63, 3.8) is 0 Å². The van der Waals surface area contributed by atoms with E-state index in [1.54, 1.807) is 0 Å². The van der Waals surface area contributed by atoms with Gasteiger partial charge in [-0.3, -0.25) is 0 Å². The van der Waals surface area contributed by atoms with Crippen LogP contribution in [0.4, 0.5) is 0 Å². The Balaban J connectivity index is 1.97. The van der Waals surface area contributed by atoms with Crippen molar-refractivity contribution in [2.45, 2.75) is 12.2 Å². The van der Waals surface area contributed by atoms with E-state index in [-0.39, 0.29) is 0 Å². The SMILES string of the molecule is C/C=C/CNCC1CSCCS1. The summed E-state index contributed by atoms with van der Waals surface area (Å²) in [5.74, 6) is 4.00. The fraction of sp³-hybridized carbons (Fsp3) is 0.778. The van der Waals surface area contributed by atoms with Crippen LogP contribution in [0.1, 0.15) is 6.92 Å². The number of thioether (sulfide) groups is 2. The lowest BCUT2D eigenvalue weighted by Gasteiger charge is -2.20. The largest absolute Gasteiger partial charge is 0.312 e. The standard InChI is InChI=1S/C9H17NS2/c1-2-3-4-10-7-9-8-11-5-6-12-9/h2-3,9-10H,4-8H2,1H3/b3-2+. The number of allylic oxidation sites excluding steroid dienone is 1. The zero-order valence-corrected chi connectivity index (χ0v) is 9.22. The molecule has 0 aliphatic carbocycles. The highest BCUT2D eigenvalue weighted by Crippen LogP contribution is 2.22. The summed E-state index contributed by atoms with van der Waals surface area (Å²) >= 11 is 4.20. The van der Waals surface area contributed by atoms with E-state index in [2.05, 4.69) is 47.9 Å². The molecule has 3 heteroatoms. The van der Waals surface area contributed by atoms with Crippen molar-refractivity contribution in [2.24, 2.45) is 0 Å². The fourth-order valence-electron chi connectivity index (χ4n) is 1.10. The fourth-order valence-corrected chi connectivity index (χ4v) is 3.75. The molecule has 1 nitrogen and oxygen atoms in total. The smallest absolute Gasteiger partial charge is 0.0263 e. The molecule has 0 aromatic rings. The first kappa shape index (κ1) is 10.5. The van der Waals surface area contributed by atoms with E-state index in [1.165, 1.54) is 23.8 Å². The summed E-state index contributed by atoms with van der Waals surface area (Å²) in [7, 11) is 0. The molecule has 0 aromatic heterocycles. The van der Waals surface area contributed by atoms with Gasteiger partial charge in [-0.15, -0.1) is 0 Å². The maximum absolute atomic E-state index is 3.44. The van der Waals surface area contributed by atoms with Gasteiger partial charge < -0.3 is 5.32 Å². The third kappa shape index (κ3) is 4.43. The lowest BCUT2D eigenvalue weighted by Crippen LogP contribution is -2.28. The summed E-state index contributed by atoms with van der Waals surface area (Å²) in [5.41, 5.74) is 0. The zero-order chi connectivity index (χ0) is 8.65. The van der Waals surface area contributed by atoms with E-state index in [1.807, 2.05) is 0 Å². The van der Waals surface area contributed by atoms with E-state index in [9.17, 15) is 0 Å². The molecular formula is C9H17NS2. The van der Waals surface area contributed by atoms with E-state index >= 15 is 0 Å². The average Bonchev–Trinajstić information content (AvgIpc) is 2.14. The third-order valence-electron chi connectivity index (χ3n) is 1.75. The van der Waals surface area contributed by atoms with Gasteiger partial charge >= 0.3 is 0 Å². The van der Waals surface area contributed by atoms with Crippen LogP contribution in [-0.4, -0.2) is 35.6 Å². The molecule has 1 rings (SSSR count). The summed E-state index contributed by atoms with van der Waals surface area (Å²) in [6.45, 7) is 4.26. The predicted molar refractivity (Wildman–Crippen MR) is 61.3 cm³/mol. The minimum Gasteiger partial charge on any atom is -0.312 e. The molecular weight excluding hydrogens is 186 g/mol. The molecule has 12 heavy (non-hydrogen) atoms. The highest BCUT2D eigenvalue weighted by atomic mass is 32.2. The Hall–Kier alpha value is 0.400. The quantitative estimate of drug-likeness (QED) is 0.554. The molecule has 0 amide bonds. The molecule has 0 saturated carbocycles. The minimum atomic E-state index is 0.842. The monoisotopic (exact) mass is 203 g/mol. The van der Waals surface area contributed by atoms with Gasteiger partial charge in [-0.25, -0.2) is 0 Å². The van der Waals surface area contributed by atoms with Crippen LogP contribution in [0.3, 0.4) is 0 Å². The lowest BCUT2D eigenvalue weighted by atomic mass is 10.4. The van der Waals surface area contributed by atoms with Crippen LogP contribution in [0.2, 0.25) is 0 Å². The molecule has 1 heterocycles. The van der Waals surface area contributed by atoms with Crippen molar-refractivity contribution in [2.75, 3.05) is 30.3 Å². The van der Waals surface area contributed by atoms with Gasteiger partial charge in [0.2, 0.25) is 0 Å². The van der Waals surface area contributed by atoms with E-state index in [0.717, 1.165) is 11.8 Å². The normalized spacial score (nSPS) is 24.9. The Labute approximate surface area is 83.8 Å². The van der Waals surface area contributed by atoms with Gasteiger partial charge in [0.25, 0.3) is 0 Å². The van der Waals surface area contributed by atoms with Crippen LogP contribution in [-0.2, 0) is 0 Å². The molecule has 0 aromatic carbocycles. The van der Waals surface area contributed by atoms with E-state index < -0.39 is 0 Å². The first-order chi connectivity index (χ1) is 5.93. The molecule has 0 spiro atoms. The van der Waals surface area contributed by atoms with E-state index in [4.69, 9.17) is 0 Å². The first-order valence-corrected chi connectivity index (χ1v) is 6.65. The highest BCUT2D eigenvalue weighted by Gasteiger charge is 2.12. The van der Waals surface area contributed by atoms with Gasteiger partial charge in [0.15, 0.2) is 0 Å². The second kappa shape index (κ2) is 6.87. The second-order valence-corrected chi connectivity index (χ2v) is 5.35. The van der Waals surface area contributed by atoms with Crippen LogP contribution in [0.25, 0.3) is 0 Å². The van der Waals surface area contributed by atoms with Crippen molar-refractivity contribution < 1.29 is 0 Å². The third-order valence-corrected chi connectivity index (χ3v) is 4.60. The van der Waals surface area contributed by atoms with Crippen LogP contribution in [0.5, 0.6) is 0 Å². The number of hydrogen-bond acceptors (Lipinski definition) is 3. The lowest BCUT2D eigenvalue weighted by molar-refractivity contribution is 0.742. The summed E-state index contributed by atoms with van der Waals surface area (Å²) < 4.78 is 0. The molecule has 1 saturated heterocycles.